The van der Waals surface area contributed by atoms with Crippen LogP contribution in [0, 0.1) is 0 Å². The van der Waals surface area contributed by atoms with Crippen LogP contribution in [0.3, 0.4) is 0 Å². The minimum absolute atomic E-state index is 0.329. The van der Waals surface area contributed by atoms with E-state index in [1.165, 1.54) is 13.1 Å². The number of hydrogen-bond donors (Lipinski definition) is 1. The van der Waals surface area contributed by atoms with Crippen molar-refractivity contribution in [1.29, 1.82) is 0 Å². The zero-order valence-corrected chi connectivity index (χ0v) is 11.1. The van der Waals surface area contributed by atoms with E-state index in [0.717, 1.165) is 37.8 Å². The summed E-state index contributed by atoms with van der Waals surface area (Å²) in [5.41, 5.74) is 0. The van der Waals surface area contributed by atoms with E-state index in [2.05, 4.69) is 32.2 Å². The number of nitrogens with zero attached hydrogens (tertiary/aromatic N) is 4. The van der Waals surface area contributed by atoms with Gasteiger partial charge in [0.25, 0.3) is 0 Å². The molecular weight excluding hydrogens is 230 g/mol. The van der Waals surface area contributed by atoms with Crippen molar-refractivity contribution in [1.82, 2.24) is 25.3 Å². The van der Waals surface area contributed by atoms with E-state index in [-0.39, 0.29) is 0 Å². The predicted molar refractivity (Wildman–Crippen MR) is 67.3 cm³/mol. The molecule has 1 aromatic rings. The average Bonchev–Trinajstić information content (AvgIpc) is 2.88. The van der Waals surface area contributed by atoms with E-state index in [0.29, 0.717) is 12.1 Å². The highest BCUT2D eigenvalue weighted by molar-refractivity contribution is 5.01. The second-order valence-corrected chi connectivity index (χ2v) is 5.29. The molecule has 4 heterocycles. The fourth-order valence-corrected chi connectivity index (χ4v) is 2.71. The van der Waals surface area contributed by atoms with Gasteiger partial charge in [-0.25, -0.2) is 0 Å². The molecule has 100 valence electrons. The van der Waals surface area contributed by atoms with Gasteiger partial charge in [0, 0.05) is 45.2 Å². The van der Waals surface area contributed by atoms with Crippen molar-refractivity contribution in [2.24, 2.45) is 0 Å². The van der Waals surface area contributed by atoms with Gasteiger partial charge >= 0.3 is 0 Å². The molecule has 18 heavy (non-hydrogen) atoms. The normalized spacial score (nSPS) is 32.7. The number of rotatable bonds is 4. The summed E-state index contributed by atoms with van der Waals surface area (Å²) in [5, 5.41) is 7.35. The minimum atomic E-state index is 0.329. The lowest BCUT2D eigenvalue weighted by molar-refractivity contribution is 0.00781. The van der Waals surface area contributed by atoms with Gasteiger partial charge < -0.3 is 9.84 Å². The fourth-order valence-electron chi connectivity index (χ4n) is 2.71. The zero-order valence-electron chi connectivity index (χ0n) is 11.1. The molecule has 0 spiro atoms. The molecule has 3 fully saturated rings. The lowest BCUT2D eigenvalue weighted by atomic mass is 10.1. The number of piperazine rings is 3. The number of aromatic nitrogens is 2. The molecule has 6 heteroatoms. The average molecular weight is 251 g/mol. The van der Waals surface area contributed by atoms with Crippen molar-refractivity contribution in [3.63, 3.8) is 0 Å². The van der Waals surface area contributed by atoms with Gasteiger partial charge in [0.05, 0.1) is 6.04 Å². The molecule has 1 aromatic heterocycles. The first-order valence-corrected chi connectivity index (χ1v) is 6.72. The van der Waals surface area contributed by atoms with Gasteiger partial charge in [-0.15, -0.1) is 0 Å². The van der Waals surface area contributed by atoms with Crippen LogP contribution in [0.4, 0.5) is 0 Å². The van der Waals surface area contributed by atoms with E-state index in [9.17, 15) is 0 Å². The van der Waals surface area contributed by atoms with Gasteiger partial charge in [0.2, 0.25) is 5.89 Å². The molecular formula is C12H21N5O. The highest BCUT2D eigenvalue weighted by Gasteiger charge is 2.35. The van der Waals surface area contributed by atoms with Crippen LogP contribution in [0.25, 0.3) is 0 Å². The molecule has 3 aliphatic rings. The quantitative estimate of drug-likeness (QED) is 0.806. The number of hydrogen-bond acceptors (Lipinski definition) is 6. The van der Waals surface area contributed by atoms with Gasteiger partial charge in [-0.3, -0.25) is 9.80 Å². The van der Waals surface area contributed by atoms with Crippen LogP contribution in [-0.4, -0.2) is 65.8 Å². The number of likely N-dealkylation sites (N-methyl/N-ethyl adjacent to an activating group) is 1. The van der Waals surface area contributed by atoms with Crippen molar-refractivity contribution in [2.75, 3.05) is 39.8 Å². The summed E-state index contributed by atoms with van der Waals surface area (Å²) < 4.78 is 5.35. The maximum atomic E-state index is 5.35. The first kappa shape index (κ1) is 12.1. The summed E-state index contributed by atoms with van der Waals surface area (Å²) in [5.74, 6) is 1.60. The Balaban J connectivity index is 1.69. The van der Waals surface area contributed by atoms with Crippen LogP contribution in [0.2, 0.25) is 0 Å². The summed E-state index contributed by atoms with van der Waals surface area (Å²) in [4.78, 5) is 9.51. The van der Waals surface area contributed by atoms with Gasteiger partial charge in [0.15, 0.2) is 5.82 Å². The van der Waals surface area contributed by atoms with Crippen molar-refractivity contribution < 1.29 is 4.52 Å². The van der Waals surface area contributed by atoms with E-state index >= 15 is 0 Å². The molecule has 0 saturated carbocycles. The number of fused-ring (bicyclic) bond motifs is 3. The third-order valence-electron chi connectivity index (χ3n) is 4.03. The Morgan fingerprint density at radius 1 is 1.39 bits per heavy atom. The second-order valence-electron chi connectivity index (χ2n) is 5.29. The molecule has 3 aliphatic heterocycles. The van der Waals surface area contributed by atoms with Crippen molar-refractivity contribution in [2.45, 2.75) is 25.4 Å². The third kappa shape index (κ3) is 2.28. The van der Waals surface area contributed by atoms with Gasteiger partial charge in [-0.05, 0) is 14.0 Å². The molecule has 2 unspecified atom stereocenters. The highest BCUT2D eigenvalue weighted by atomic mass is 16.5. The van der Waals surface area contributed by atoms with Crippen LogP contribution in [0.5, 0.6) is 0 Å². The summed E-state index contributed by atoms with van der Waals surface area (Å²) >= 11 is 0. The van der Waals surface area contributed by atoms with Crippen LogP contribution in [-0.2, 0) is 6.42 Å². The van der Waals surface area contributed by atoms with Crippen molar-refractivity contribution in [3.05, 3.63) is 11.7 Å². The van der Waals surface area contributed by atoms with Crippen LogP contribution in [0.15, 0.2) is 4.52 Å². The number of nitrogens with one attached hydrogen (secondary N) is 1. The molecule has 2 atom stereocenters. The molecule has 0 aromatic carbocycles. The maximum absolute atomic E-state index is 5.35. The summed E-state index contributed by atoms with van der Waals surface area (Å²) in [7, 11) is 1.95. The Kier molecular flexibility index (Phi) is 3.32. The lowest BCUT2D eigenvalue weighted by Gasteiger charge is -2.46. The third-order valence-corrected chi connectivity index (χ3v) is 4.03. The summed E-state index contributed by atoms with van der Waals surface area (Å²) in [6.45, 7) is 7.76. The Morgan fingerprint density at radius 3 is 2.78 bits per heavy atom. The molecule has 0 radical (unpaired) electrons. The highest BCUT2D eigenvalue weighted by Crippen LogP contribution is 2.26. The monoisotopic (exact) mass is 251 g/mol. The molecule has 0 amide bonds. The summed E-state index contributed by atoms with van der Waals surface area (Å²) in [6, 6.07) is 0.694. The first-order valence-electron chi connectivity index (χ1n) is 6.72. The first-order chi connectivity index (χ1) is 8.76. The van der Waals surface area contributed by atoms with Gasteiger partial charge in [0.1, 0.15) is 0 Å². The van der Waals surface area contributed by atoms with Gasteiger partial charge in [-0.1, -0.05) is 5.16 Å². The predicted octanol–water partition coefficient (Wildman–Crippen LogP) is -0.108. The molecule has 3 saturated heterocycles. The Morgan fingerprint density at radius 2 is 2.17 bits per heavy atom. The zero-order chi connectivity index (χ0) is 12.5. The van der Waals surface area contributed by atoms with Crippen LogP contribution < -0.4 is 5.32 Å². The SMILES string of the molecule is CNC(C)Cc1nc(C2CN3CCN2CC3)no1. The van der Waals surface area contributed by atoms with Crippen LogP contribution >= 0.6 is 0 Å². The van der Waals surface area contributed by atoms with Crippen LogP contribution in [0.1, 0.15) is 24.7 Å². The van der Waals surface area contributed by atoms with Crippen molar-refractivity contribution in [3.8, 4) is 0 Å². The molecule has 2 bridgehead atoms. The van der Waals surface area contributed by atoms with E-state index in [1.807, 2.05) is 7.05 Å². The lowest BCUT2D eigenvalue weighted by Crippen LogP contribution is -2.57. The molecule has 4 rings (SSSR count). The standard InChI is InChI=1S/C12H21N5O/c1-9(13-2)7-11-14-12(15-18-11)10-8-16-3-5-17(10)6-4-16/h9-10,13H,3-8H2,1-2H3. The molecule has 0 aliphatic carbocycles. The molecule has 1 N–H and O–H groups in total. The van der Waals surface area contributed by atoms with E-state index < -0.39 is 0 Å². The topological polar surface area (TPSA) is 57.4 Å². The van der Waals surface area contributed by atoms with Crippen molar-refractivity contribution >= 4 is 0 Å². The second kappa shape index (κ2) is 4.95. The van der Waals surface area contributed by atoms with E-state index in [1.54, 1.807) is 0 Å². The molecule has 6 nitrogen and oxygen atoms in total. The fraction of sp³-hybridized carbons (Fsp3) is 0.833. The summed E-state index contributed by atoms with van der Waals surface area (Å²) in [6.07, 6.45) is 0.792. The largest absolute Gasteiger partial charge is 0.339 e. The van der Waals surface area contributed by atoms with E-state index in [4.69, 9.17) is 4.52 Å². The van der Waals surface area contributed by atoms with Gasteiger partial charge in [-0.2, -0.15) is 4.98 Å². The minimum Gasteiger partial charge on any atom is -0.339 e. The maximum Gasteiger partial charge on any atom is 0.228 e. The Hall–Kier alpha value is -0.980. The Labute approximate surface area is 107 Å². The smallest absolute Gasteiger partial charge is 0.228 e. The Bertz CT molecular complexity index is 399.